The van der Waals surface area contributed by atoms with Gasteiger partial charge in [-0.3, -0.25) is 18.7 Å². The monoisotopic (exact) mass is 594 g/mol. The highest BCUT2D eigenvalue weighted by molar-refractivity contribution is 8.23. The van der Waals surface area contributed by atoms with Gasteiger partial charge in [0.2, 0.25) is 0 Å². The van der Waals surface area contributed by atoms with Crippen molar-refractivity contribution in [2.24, 2.45) is 0 Å². The molecule has 0 aromatic heterocycles. The van der Waals surface area contributed by atoms with Crippen LogP contribution in [0.2, 0.25) is 0 Å². The van der Waals surface area contributed by atoms with Crippen molar-refractivity contribution in [2.75, 3.05) is 19.6 Å². The van der Waals surface area contributed by atoms with Crippen molar-refractivity contribution in [1.82, 2.24) is 9.21 Å². The van der Waals surface area contributed by atoms with Crippen LogP contribution in [0.15, 0.2) is 77.7 Å². The largest absolute Gasteiger partial charge is 0.488 e. The lowest BCUT2D eigenvalue weighted by molar-refractivity contribution is -0.131. The molecule has 3 aromatic carbocycles. The molecule has 11 heteroatoms. The van der Waals surface area contributed by atoms with Gasteiger partial charge in [-0.05, 0) is 67.1 Å². The molecule has 1 atom stereocenters. The molecule has 0 spiro atoms. The predicted molar refractivity (Wildman–Crippen MR) is 157 cm³/mol. The number of carbonyl (C=O) groups is 3. The van der Waals surface area contributed by atoms with E-state index < -0.39 is 28.7 Å². The maximum atomic E-state index is 13.2. The van der Waals surface area contributed by atoms with E-state index in [1.807, 2.05) is 30.3 Å². The van der Waals surface area contributed by atoms with Gasteiger partial charge in [0.1, 0.15) is 24.2 Å². The molecule has 0 bridgehead atoms. The number of carbonyl (C=O) groups excluding carboxylic acids is 3. The molecular weight excluding hydrogens is 560 g/mol. The quantitative estimate of drug-likeness (QED) is 0.169. The number of esters is 1. The smallest absolute Gasteiger partial charge is 0.410 e. The van der Waals surface area contributed by atoms with E-state index in [4.69, 9.17) is 14.2 Å². The first-order valence-electron chi connectivity index (χ1n) is 13.9. The Morgan fingerprint density at radius 3 is 2.57 bits per heavy atom. The molecular formula is C31H34N2O8S. The molecule has 0 fully saturated rings. The molecule has 10 nitrogen and oxygen atoms in total. The third-order valence-electron chi connectivity index (χ3n) is 7.20. The van der Waals surface area contributed by atoms with Crippen molar-refractivity contribution in [3.05, 3.63) is 89.5 Å². The molecule has 0 saturated carbocycles. The zero-order valence-electron chi connectivity index (χ0n) is 23.3. The second-order valence-electron chi connectivity index (χ2n) is 10.3. The van der Waals surface area contributed by atoms with Gasteiger partial charge in [-0.25, -0.2) is 9.10 Å². The van der Waals surface area contributed by atoms with Crippen molar-refractivity contribution in [3.63, 3.8) is 0 Å². The Morgan fingerprint density at radius 2 is 1.81 bits per heavy atom. The lowest BCUT2D eigenvalue weighted by Gasteiger charge is -2.37. The van der Waals surface area contributed by atoms with Crippen LogP contribution < -0.4 is 9.47 Å². The van der Waals surface area contributed by atoms with E-state index in [1.165, 1.54) is 6.92 Å². The lowest BCUT2D eigenvalue weighted by atomic mass is 10.0. The van der Waals surface area contributed by atoms with Crippen LogP contribution >= 0.6 is 10.8 Å². The van der Waals surface area contributed by atoms with Crippen molar-refractivity contribution in [3.8, 4) is 11.5 Å². The molecule has 3 aromatic rings. The van der Waals surface area contributed by atoms with Crippen LogP contribution in [0, 0.1) is 0 Å². The summed E-state index contributed by atoms with van der Waals surface area (Å²) < 4.78 is 39.6. The Kier molecular flexibility index (Phi) is 9.00. The summed E-state index contributed by atoms with van der Waals surface area (Å²) in [5, 5.41) is 0. The second-order valence-corrected chi connectivity index (χ2v) is 12.2. The van der Waals surface area contributed by atoms with Gasteiger partial charge in [0.25, 0.3) is 5.91 Å². The summed E-state index contributed by atoms with van der Waals surface area (Å²) in [6.07, 6.45) is 1.55. The minimum Gasteiger partial charge on any atom is -0.488 e. The Morgan fingerprint density at radius 1 is 1.05 bits per heavy atom. The number of amides is 2. The Hall–Kier alpha value is -4.06. The van der Waals surface area contributed by atoms with E-state index in [0.29, 0.717) is 55.8 Å². The number of nitrogens with zero attached hydrogens (tertiary/aromatic N) is 2. The number of hydrogen-bond acceptors (Lipinski definition) is 8. The Bertz CT molecular complexity index is 1450. The number of ether oxygens (including phenoxy) is 3. The fraction of sp³-hybridized carbons (Fsp3) is 0.323. The van der Waals surface area contributed by atoms with Gasteiger partial charge >= 0.3 is 12.1 Å². The summed E-state index contributed by atoms with van der Waals surface area (Å²) in [4.78, 5) is 39.1. The molecule has 2 aliphatic rings. The first-order valence-corrected chi connectivity index (χ1v) is 15.4. The van der Waals surface area contributed by atoms with Gasteiger partial charge in [-0.2, -0.15) is 0 Å². The molecule has 2 heterocycles. The third-order valence-corrected chi connectivity index (χ3v) is 9.10. The van der Waals surface area contributed by atoms with E-state index in [1.54, 1.807) is 47.4 Å². The van der Waals surface area contributed by atoms with Crippen LogP contribution in [-0.2, 0) is 22.6 Å². The average molecular weight is 595 g/mol. The normalized spacial score (nSPS) is 17.5. The maximum absolute atomic E-state index is 13.2. The molecule has 42 heavy (non-hydrogen) atoms. The van der Waals surface area contributed by atoms with E-state index in [-0.39, 0.29) is 24.2 Å². The van der Waals surface area contributed by atoms with Gasteiger partial charge in [-0.15, -0.1) is 0 Å². The number of unbranched alkanes of at least 4 members (excludes halogenated alkanes) is 1. The zero-order valence-corrected chi connectivity index (χ0v) is 24.1. The second kappa shape index (κ2) is 12.8. The summed E-state index contributed by atoms with van der Waals surface area (Å²) in [5.74, 6) is 0.344. The van der Waals surface area contributed by atoms with Crippen LogP contribution in [0.5, 0.6) is 11.5 Å². The molecule has 2 aliphatic heterocycles. The highest BCUT2D eigenvalue weighted by Gasteiger charge is 2.40. The number of aryl methyl sites for hydroxylation is 1. The van der Waals surface area contributed by atoms with Crippen LogP contribution in [0.1, 0.15) is 47.7 Å². The van der Waals surface area contributed by atoms with Crippen molar-refractivity contribution < 1.29 is 37.7 Å². The first-order chi connectivity index (χ1) is 20.2. The highest BCUT2D eigenvalue weighted by atomic mass is 32.3. The number of hydrogen-bond donors (Lipinski definition) is 2. The standard InChI is InChI=1S/C31H34N2O8S/c1-22(34)40-25-15-16-28-24(19-25)13-14-26(41-28)20-32(31(36)39-21-23-9-3-2-4-10-23)17-7-8-18-33-30(35)27-11-5-6-12-29(27)42(33,37)38/h2-6,9-12,15-16,19,26,37-38H,7-8,13-14,17-18,20-21H2,1H3. The van der Waals surface area contributed by atoms with E-state index >= 15 is 0 Å². The highest BCUT2D eigenvalue weighted by Crippen LogP contribution is 2.58. The van der Waals surface area contributed by atoms with Gasteiger partial charge < -0.3 is 19.1 Å². The minimum absolute atomic E-state index is 0.130. The van der Waals surface area contributed by atoms with E-state index in [2.05, 4.69) is 0 Å². The molecule has 2 amide bonds. The average Bonchev–Trinajstić information content (AvgIpc) is 3.18. The molecule has 1 unspecified atom stereocenters. The molecule has 222 valence electrons. The van der Waals surface area contributed by atoms with Crippen LogP contribution in [0.25, 0.3) is 0 Å². The molecule has 0 radical (unpaired) electrons. The zero-order chi connectivity index (χ0) is 29.7. The van der Waals surface area contributed by atoms with Crippen molar-refractivity contribution in [1.29, 1.82) is 0 Å². The topological polar surface area (TPSA) is 126 Å². The number of benzene rings is 3. The van der Waals surface area contributed by atoms with Gasteiger partial charge in [-0.1, -0.05) is 53.2 Å². The number of fused-ring (bicyclic) bond motifs is 2. The van der Waals surface area contributed by atoms with Gasteiger partial charge in [0.05, 0.1) is 17.0 Å². The van der Waals surface area contributed by atoms with Crippen LogP contribution in [0.3, 0.4) is 0 Å². The number of rotatable bonds is 10. The summed E-state index contributed by atoms with van der Waals surface area (Å²) in [5.41, 5.74) is 2.10. The minimum atomic E-state index is -3.38. The van der Waals surface area contributed by atoms with E-state index in [9.17, 15) is 23.5 Å². The fourth-order valence-electron chi connectivity index (χ4n) is 5.13. The summed E-state index contributed by atoms with van der Waals surface area (Å²) in [6.45, 7) is 2.25. The van der Waals surface area contributed by atoms with Crippen molar-refractivity contribution >= 4 is 28.7 Å². The lowest BCUT2D eigenvalue weighted by Crippen LogP contribution is -2.42. The molecule has 5 rings (SSSR count). The molecule has 0 aliphatic carbocycles. The van der Waals surface area contributed by atoms with Gasteiger partial charge in [0, 0.05) is 20.0 Å². The van der Waals surface area contributed by atoms with E-state index in [0.717, 1.165) is 15.4 Å². The molecule has 2 N–H and O–H groups in total. The summed E-state index contributed by atoms with van der Waals surface area (Å²) in [7, 11) is -3.38. The Balaban J connectivity index is 1.21. The maximum Gasteiger partial charge on any atom is 0.410 e. The third kappa shape index (κ3) is 6.70. The van der Waals surface area contributed by atoms with Crippen LogP contribution in [0.4, 0.5) is 4.79 Å². The van der Waals surface area contributed by atoms with Crippen molar-refractivity contribution in [2.45, 2.75) is 50.2 Å². The fourth-order valence-corrected chi connectivity index (χ4v) is 6.79. The predicted octanol–water partition coefficient (Wildman–Crippen LogP) is 5.91. The summed E-state index contributed by atoms with van der Waals surface area (Å²) in [6, 6.07) is 21.2. The summed E-state index contributed by atoms with van der Waals surface area (Å²) >= 11 is 0. The SMILES string of the molecule is CC(=O)Oc1ccc2c(c1)CCC(CN(CCCCN1C(=O)c3ccccc3S1(O)O)C(=O)OCc1ccccc1)O2. The first kappa shape index (κ1) is 29.4. The Labute approximate surface area is 246 Å². The molecule has 0 saturated heterocycles. The van der Waals surface area contributed by atoms with Gasteiger partial charge in [0.15, 0.2) is 0 Å². The van der Waals surface area contributed by atoms with Crippen LogP contribution in [-0.4, -0.2) is 62.0 Å².